The van der Waals surface area contributed by atoms with Crippen molar-refractivity contribution < 1.29 is 4.74 Å². The van der Waals surface area contributed by atoms with Gasteiger partial charge in [0.05, 0.1) is 0 Å². The fourth-order valence-electron chi connectivity index (χ4n) is 2.97. The van der Waals surface area contributed by atoms with Crippen molar-refractivity contribution in [3.63, 3.8) is 0 Å². The van der Waals surface area contributed by atoms with E-state index in [0.29, 0.717) is 6.61 Å². The van der Waals surface area contributed by atoms with Crippen LogP contribution >= 0.6 is 0 Å². The number of nitrogens with zero attached hydrogens (tertiary/aromatic N) is 1. The van der Waals surface area contributed by atoms with E-state index in [4.69, 9.17) is 4.74 Å². The van der Waals surface area contributed by atoms with Crippen LogP contribution in [-0.4, -0.2) is 13.6 Å². The van der Waals surface area contributed by atoms with E-state index in [-0.39, 0.29) is 0 Å². The highest BCUT2D eigenvalue weighted by atomic mass is 16.5. The van der Waals surface area contributed by atoms with E-state index in [1.807, 2.05) is 12.1 Å². The maximum Gasteiger partial charge on any atom is 0.127 e. The van der Waals surface area contributed by atoms with Crippen LogP contribution in [0.4, 0.5) is 5.69 Å². The minimum Gasteiger partial charge on any atom is -0.488 e. The molecule has 0 aromatic heterocycles. The highest BCUT2D eigenvalue weighted by Gasteiger charge is 2.22. The van der Waals surface area contributed by atoms with Crippen LogP contribution in [0.1, 0.15) is 11.1 Å². The molecule has 0 saturated heterocycles. The lowest BCUT2D eigenvalue weighted by Gasteiger charge is -2.29. The summed E-state index contributed by atoms with van der Waals surface area (Å²) in [6, 6.07) is 12.7. The number of hydrogen-bond donors (Lipinski definition) is 0. The van der Waals surface area contributed by atoms with Gasteiger partial charge in [-0.3, -0.25) is 0 Å². The van der Waals surface area contributed by atoms with E-state index in [9.17, 15) is 0 Å². The first kappa shape index (κ1) is 10.7. The first-order chi connectivity index (χ1) is 9.34. The molecule has 2 aliphatic heterocycles. The Morgan fingerprint density at radius 1 is 1.05 bits per heavy atom. The van der Waals surface area contributed by atoms with E-state index >= 15 is 0 Å². The molecule has 2 aliphatic rings. The van der Waals surface area contributed by atoms with Gasteiger partial charge in [-0.25, -0.2) is 0 Å². The molecule has 0 fully saturated rings. The van der Waals surface area contributed by atoms with Gasteiger partial charge in [-0.1, -0.05) is 36.4 Å². The van der Waals surface area contributed by atoms with Crippen LogP contribution in [0.15, 0.2) is 42.5 Å². The molecule has 2 aromatic rings. The third-order valence-corrected chi connectivity index (χ3v) is 3.96. The topological polar surface area (TPSA) is 12.5 Å². The van der Waals surface area contributed by atoms with Crippen molar-refractivity contribution >= 4 is 11.8 Å². The second-order valence-corrected chi connectivity index (χ2v) is 5.09. The fraction of sp³-hybridized carbons (Fsp3) is 0.176. The first-order valence-electron chi connectivity index (χ1n) is 6.60. The van der Waals surface area contributed by atoms with Gasteiger partial charge in [-0.2, -0.15) is 0 Å². The van der Waals surface area contributed by atoms with Gasteiger partial charge in [-0.05, 0) is 17.7 Å². The molecule has 0 atom stereocenters. The molecule has 2 heteroatoms. The van der Waals surface area contributed by atoms with Gasteiger partial charge in [-0.15, -0.1) is 0 Å². The number of hydrogen-bond acceptors (Lipinski definition) is 2. The zero-order chi connectivity index (χ0) is 12.8. The molecular weight excluding hydrogens is 234 g/mol. The zero-order valence-electron chi connectivity index (χ0n) is 10.9. The third-order valence-electron chi connectivity index (χ3n) is 3.96. The summed E-state index contributed by atoms with van der Waals surface area (Å²) in [7, 11) is 2.13. The summed E-state index contributed by atoms with van der Waals surface area (Å²) in [5, 5.41) is 0. The SMILES string of the molecule is CN1CC=Cc2c1ccc1c2COc2ccccc2-1. The van der Waals surface area contributed by atoms with Crippen molar-refractivity contribution in [1.82, 2.24) is 0 Å². The fourth-order valence-corrected chi connectivity index (χ4v) is 2.97. The molecule has 0 N–H and O–H groups in total. The van der Waals surface area contributed by atoms with Crippen molar-refractivity contribution in [2.45, 2.75) is 6.61 Å². The van der Waals surface area contributed by atoms with Crippen molar-refractivity contribution in [1.29, 1.82) is 0 Å². The summed E-state index contributed by atoms with van der Waals surface area (Å²) in [5.41, 5.74) is 6.41. The van der Waals surface area contributed by atoms with Crippen LogP contribution in [-0.2, 0) is 6.61 Å². The number of likely N-dealkylation sites (N-methyl/N-ethyl adjacent to an activating group) is 1. The average Bonchev–Trinajstić information content (AvgIpc) is 2.47. The summed E-state index contributed by atoms with van der Waals surface area (Å²) in [4.78, 5) is 2.27. The molecule has 0 unspecified atom stereocenters. The molecule has 2 nitrogen and oxygen atoms in total. The number of ether oxygens (including phenoxy) is 1. The number of anilines is 1. The summed E-state index contributed by atoms with van der Waals surface area (Å²) in [6.07, 6.45) is 4.44. The largest absolute Gasteiger partial charge is 0.488 e. The van der Waals surface area contributed by atoms with E-state index in [1.165, 1.54) is 27.9 Å². The molecule has 0 amide bonds. The molecule has 2 aromatic carbocycles. The zero-order valence-corrected chi connectivity index (χ0v) is 10.9. The highest BCUT2D eigenvalue weighted by Crippen LogP contribution is 2.42. The molecule has 2 heterocycles. The quantitative estimate of drug-likeness (QED) is 0.705. The summed E-state index contributed by atoms with van der Waals surface area (Å²) in [6.45, 7) is 1.64. The molecule has 4 rings (SSSR count). The molecule has 0 aliphatic carbocycles. The number of para-hydroxylation sites is 1. The lowest BCUT2D eigenvalue weighted by atomic mass is 9.91. The third kappa shape index (κ3) is 1.49. The molecule has 0 saturated carbocycles. The Labute approximate surface area is 112 Å². The summed E-state index contributed by atoms with van der Waals surface area (Å²) in [5.74, 6) is 0.989. The predicted molar refractivity (Wildman–Crippen MR) is 78.5 cm³/mol. The lowest BCUT2D eigenvalue weighted by molar-refractivity contribution is 0.302. The van der Waals surface area contributed by atoms with Crippen molar-refractivity contribution in [2.75, 3.05) is 18.5 Å². The van der Waals surface area contributed by atoms with Gasteiger partial charge in [0.25, 0.3) is 0 Å². The molecule has 0 radical (unpaired) electrons. The van der Waals surface area contributed by atoms with Gasteiger partial charge in [0.15, 0.2) is 0 Å². The Hall–Kier alpha value is -2.22. The maximum absolute atomic E-state index is 5.90. The monoisotopic (exact) mass is 249 g/mol. The Morgan fingerprint density at radius 2 is 1.95 bits per heavy atom. The van der Waals surface area contributed by atoms with Crippen molar-refractivity contribution in [3.05, 3.63) is 53.6 Å². The van der Waals surface area contributed by atoms with Gasteiger partial charge < -0.3 is 9.64 Å². The maximum atomic E-state index is 5.90. The van der Waals surface area contributed by atoms with Crippen LogP contribution in [0.25, 0.3) is 17.2 Å². The molecule has 0 bridgehead atoms. The number of fused-ring (bicyclic) bond motifs is 5. The molecular formula is C17H15NO. The van der Waals surface area contributed by atoms with Gasteiger partial charge in [0.1, 0.15) is 12.4 Å². The van der Waals surface area contributed by atoms with E-state index in [2.05, 4.69) is 48.4 Å². The molecule has 19 heavy (non-hydrogen) atoms. The minimum absolute atomic E-state index is 0.660. The second-order valence-electron chi connectivity index (χ2n) is 5.09. The van der Waals surface area contributed by atoms with Crippen LogP contribution in [0.5, 0.6) is 5.75 Å². The summed E-state index contributed by atoms with van der Waals surface area (Å²) < 4.78 is 5.90. The van der Waals surface area contributed by atoms with Crippen LogP contribution in [0.2, 0.25) is 0 Å². The second kappa shape index (κ2) is 3.89. The number of rotatable bonds is 0. The van der Waals surface area contributed by atoms with Gasteiger partial charge in [0.2, 0.25) is 0 Å². The van der Waals surface area contributed by atoms with Crippen molar-refractivity contribution in [2.24, 2.45) is 0 Å². The average molecular weight is 249 g/mol. The normalized spacial score (nSPS) is 15.3. The lowest BCUT2D eigenvalue weighted by Crippen LogP contribution is -2.22. The Bertz CT molecular complexity index is 688. The predicted octanol–water partition coefficient (Wildman–Crippen LogP) is 3.71. The van der Waals surface area contributed by atoms with E-state index < -0.39 is 0 Å². The van der Waals surface area contributed by atoms with Crippen LogP contribution in [0.3, 0.4) is 0 Å². The van der Waals surface area contributed by atoms with E-state index in [0.717, 1.165) is 12.3 Å². The first-order valence-corrected chi connectivity index (χ1v) is 6.60. The smallest absolute Gasteiger partial charge is 0.127 e. The number of benzene rings is 2. The Balaban J connectivity index is 1.99. The highest BCUT2D eigenvalue weighted by molar-refractivity contribution is 5.84. The minimum atomic E-state index is 0.660. The Morgan fingerprint density at radius 3 is 2.89 bits per heavy atom. The van der Waals surface area contributed by atoms with Gasteiger partial charge >= 0.3 is 0 Å². The standard InChI is InChI=1S/C17H15NO/c1-18-10-4-6-13-15-11-19-17-7-3-2-5-14(17)12(15)8-9-16(13)18/h2-9H,10-11H2,1H3. The van der Waals surface area contributed by atoms with Crippen molar-refractivity contribution in [3.8, 4) is 16.9 Å². The van der Waals surface area contributed by atoms with E-state index in [1.54, 1.807) is 0 Å². The summed E-state index contributed by atoms with van der Waals surface area (Å²) >= 11 is 0. The van der Waals surface area contributed by atoms with Gasteiger partial charge in [0, 0.05) is 36.0 Å². The van der Waals surface area contributed by atoms with Crippen LogP contribution in [0, 0.1) is 0 Å². The van der Waals surface area contributed by atoms with Crippen LogP contribution < -0.4 is 9.64 Å². The molecule has 94 valence electrons. The molecule has 0 spiro atoms. The Kier molecular flexibility index (Phi) is 2.18.